The number of amides is 1. The van der Waals surface area contributed by atoms with Gasteiger partial charge in [0.05, 0.1) is 24.4 Å². The van der Waals surface area contributed by atoms with Crippen molar-refractivity contribution in [2.45, 2.75) is 26.1 Å². The number of hydrogen-bond acceptors (Lipinski definition) is 4. The fraction of sp³-hybridized carbons (Fsp3) is 0.350. The smallest absolute Gasteiger partial charge is 0.238 e. The second-order valence-electron chi connectivity index (χ2n) is 6.63. The number of nitrogens with one attached hydrogen (secondary N) is 1. The van der Waals surface area contributed by atoms with E-state index in [9.17, 15) is 9.18 Å². The van der Waals surface area contributed by atoms with E-state index in [1.54, 1.807) is 12.1 Å². The molecule has 138 valence electrons. The molecule has 26 heavy (non-hydrogen) atoms. The SMILES string of the molecule is C[C@@H]1CN(c2cccc(-c3cccc(NC(=O)CN)c3F)c2)C[C@H](C)O1. The molecule has 0 radical (unpaired) electrons. The number of carbonyl (C=O) groups is 1. The Morgan fingerprint density at radius 2 is 1.92 bits per heavy atom. The molecule has 5 nitrogen and oxygen atoms in total. The second-order valence-corrected chi connectivity index (χ2v) is 6.63. The van der Waals surface area contributed by atoms with E-state index in [-0.39, 0.29) is 24.4 Å². The van der Waals surface area contributed by atoms with Gasteiger partial charge in [-0.3, -0.25) is 4.79 Å². The van der Waals surface area contributed by atoms with Gasteiger partial charge in [0, 0.05) is 24.3 Å². The molecule has 3 N–H and O–H groups in total. The minimum absolute atomic E-state index is 0.136. The van der Waals surface area contributed by atoms with Crippen molar-refractivity contribution in [3.8, 4) is 11.1 Å². The van der Waals surface area contributed by atoms with Crippen molar-refractivity contribution in [3.63, 3.8) is 0 Å². The highest BCUT2D eigenvalue weighted by Crippen LogP contribution is 2.31. The molecule has 0 bridgehead atoms. The number of morpholine rings is 1. The van der Waals surface area contributed by atoms with Crippen molar-refractivity contribution in [2.24, 2.45) is 5.73 Å². The third-order valence-electron chi connectivity index (χ3n) is 4.40. The van der Waals surface area contributed by atoms with E-state index in [4.69, 9.17) is 10.5 Å². The van der Waals surface area contributed by atoms with E-state index < -0.39 is 11.7 Å². The molecule has 1 aliphatic heterocycles. The van der Waals surface area contributed by atoms with Crippen molar-refractivity contribution < 1.29 is 13.9 Å². The van der Waals surface area contributed by atoms with Gasteiger partial charge in [0.2, 0.25) is 5.91 Å². The van der Waals surface area contributed by atoms with Crippen LogP contribution < -0.4 is 16.0 Å². The molecule has 2 aromatic rings. The monoisotopic (exact) mass is 357 g/mol. The average Bonchev–Trinajstić information content (AvgIpc) is 2.62. The molecule has 1 amide bonds. The van der Waals surface area contributed by atoms with Gasteiger partial charge < -0.3 is 20.7 Å². The molecular formula is C20H24FN3O2. The quantitative estimate of drug-likeness (QED) is 0.883. The van der Waals surface area contributed by atoms with Crippen LogP contribution in [0.15, 0.2) is 42.5 Å². The number of nitrogens with zero attached hydrogens (tertiary/aromatic N) is 1. The van der Waals surface area contributed by atoms with Gasteiger partial charge in [-0.15, -0.1) is 0 Å². The first-order chi connectivity index (χ1) is 12.5. The zero-order chi connectivity index (χ0) is 18.7. The van der Waals surface area contributed by atoms with Crippen LogP contribution >= 0.6 is 0 Å². The van der Waals surface area contributed by atoms with Crippen molar-refractivity contribution in [1.82, 2.24) is 0 Å². The van der Waals surface area contributed by atoms with Gasteiger partial charge >= 0.3 is 0 Å². The summed E-state index contributed by atoms with van der Waals surface area (Å²) in [6.07, 6.45) is 0.294. The Morgan fingerprint density at radius 3 is 2.62 bits per heavy atom. The molecule has 0 aliphatic carbocycles. The first-order valence-electron chi connectivity index (χ1n) is 8.77. The molecule has 2 atom stereocenters. The number of halogens is 1. The summed E-state index contributed by atoms with van der Waals surface area (Å²) < 4.78 is 20.6. The summed E-state index contributed by atoms with van der Waals surface area (Å²) in [4.78, 5) is 13.7. The maximum absolute atomic E-state index is 14.9. The zero-order valence-electron chi connectivity index (χ0n) is 15.0. The number of rotatable bonds is 4. The summed E-state index contributed by atoms with van der Waals surface area (Å²) in [5.41, 5.74) is 7.66. The molecule has 1 saturated heterocycles. The van der Waals surface area contributed by atoms with E-state index >= 15 is 0 Å². The lowest BCUT2D eigenvalue weighted by Gasteiger charge is -2.37. The lowest BCUT2D eigenvalue weighted by atomic mass is 10.0. The lowest BCUT2D eigenvalue weighted by molar-refractivity contribution is -0.114. The Hall–Kier alpha value is -2.44. The molecule has 0 aromatic heterocycles. The van der Waals surface area contributed by atoms with Crippen LogP contribution in [-0.2, 0) is 9.53 Å². The van der Waals surface area contributed by atoms with Crippen molar-refractivity contribution >= 4 is 17.3 Å². The zero-order valence-corrected chi connectivity index (χ0v) is 15.0. The van der Waals surface area contributed by atoms with Gasteiger partial charge in [0.25, 0.3) is 0 Å². The number of benzene rings is 2. The van der Waals surface area contributed by atoms with Crippen LogP contribution in [0, 0.1) is 5.82 Å². The van der Waals surface area contributed by atoms with E-state index in [1.807, 2.05) is 24.3 Å². The number of hydrogen-bond donors (Lipinski definition) is 2. The van der Waals surface area contributed by atoms with Crippen molar-refractivity contribution in [1.29, 1.82) is 0 Å². The Balaban J connectivity index is 1.91. The number of anilines is 2. The van der Waals surface area contributed by atoms with E-state index in [0.717, 1.165) is 24.3 Å². The summed E-state index contributed by atoms with van der Waals surface area (Å²) in [5.74, 6) is -0.888. The Kier molecular flexibility index (Phi) is 5.54. The summed E-state index contributed by atoms with van der Waals surface area (Å²) >= 11 is 0. The minimum Gasteiger partial charge on any atom is -0.372 e. The Bertz CT molecular complexity index is 786. The van der Waals surface area contributed by atoms with Gasteiger partial charge in [0.15, 0.2) is 5.82 Å². The van der Waals surface area contributed by atoms with E-state index in [2.05, 4.69) is 24.1 Å². The minimum atomic E-state index is -0.463. The van der Waals surface area contributed by atoms with Gasteiger partial charge in [0.1, 0.15) is 0 Å². The first kappa shape index (κ1) is 18.4. The van der Waals surface area contributed by atoms with Gasteiger partial charge in [-0.05, 0) is 37.6 Å². The van der Waals surface area contributed by atoms with Gasteiger partial charge in [-0.1, -0.05) is 24.3 Å². The fourth-order valence-electron chi connectivity index (χ4n) is 3.31. The fourth-order valence-corrected chi connectivity index (χ4v) is 3.31. The molecule has 0 spiro atoms. The molecule has 0 unspecified atom stereocenters. The molecule has 0 saturated carbocycles. The van der Waals surface area contributed by atoms with Crippen LogP contribution in [0.5, 0.6) is 0 Å². The third kappa shape index (κ3) is 4.03. The lowest BCUT2D eigenvalue weighted by Crippen LogP contribution is -2.45. The van der Waals surface area contributed by atoms with E-state index in [1.165, 1.54) is 6.07 Å². The Labute approximate surface area is 152 Å². The Morgan fingerprint density at radius 1 is 1.23 bits per heavy atom. The first-order valence-corrected chi connectivity index (χ1v) is 8.77. The molecule has 2 aromatic carbocycles. The number of carbonyl (C=O) groups excluding carboxylic acids is 1. The predicted molar refractivity (Wildman–Crippen MR) is 102 cm³/mol. The molecule has 1 fully saturated rings. The summed E-state index contributed by atoms with van der Waals surface area (Å²) in [6.45, 7) is 5.50. The molecule has 1 heterocycles. The number of nitrogens with two attached hydrogens (primary N) is 1. The van der Waals surface area contributed by atoms with Gasteiger partial charge in [-0.25, -0.2) is 4.39 Å². The molecule has 3 rings (SSSR count). The average molecular weight is 357 g/mol. The highest BCUT2D eigenvalue weighted by molar-refractivity contribution is 5.93. The maximum Gasteiger partial charge on any atom is 0.238 e. The van der Waals surface area contributed by atoms with Crippen molar-refractivity contribution in [3.05, 3.63) is 48.3 Å². The van der Waals surface area contributed by atoms with Crippen LogP contribution in [0.25, 0.3) is 11.1 Å². The van der Waals surface area contributed by atoms with E-state index in [0.29, 0.717) is 5.56 Å². The summed E-state index contributed by atoms with van der Waals surface area (Å²) in [7, 11) is 0. The normalized spacial score (nSPS) is 20.1. The summed E-state index contributed by atoms with van der Waals surface area (Å²) in [6, 6.07) is 12.7. The van der Waals surface area contributed by atoms with Crippen LogP contribution in [0.2, 0.25) is 0 Å². The molecule has 1 aliphatic rings. The second kappa shape index (κ2) is 7.85. The molecule has 6 heteroatoms. The van der Waals surface area contributed by atoms with Gasteiger partial charge in [-0.2, -0.15) is 0 Å². The highest BCUT2D eigenvalue weighted by atomic mass is 19.1. The van der Waals surface area contributed by atoms with Crippen LogP contribution in [0.3, 0.4) is 0 Å². The van der Waals surface area contributed by atoms with Crippen LogP contribution in [0.4, 0.5) is 15.8 Å². The predicted octanol–water partition coefficient (Wildman–Crippen LogP) is 3.00. The standard InChI is InChI=1S/C20H24FN3O2/c1-13-11-24(12-14(2)26-13)16-6-3-5-15(9-16)17-7-4-8-18(20(17)21)23-19(25)10-22/h3-9,13-14H,10-12,22H2,1-2H3,(H,23,25)/t13-,14+. The third-order valence-corrected chi connectivity index (χ3v) is 4.40. The number of ether oxygens (including phenoxy) is 1. The van der Waals surface area contributed by atoms with Crippen LogP contribution in [-0.4, -0.2) is 37.7 Å². The van der Waals surface area contributed by atoms with Crippen molar-refractivity contribution in [2.75, 3.05) is 29.9 Å². The maximum atomic E-state index is 14.9. The summed E-state index contributed by atoms with van der Waals surface area (Å²) in [5, 5.41) is 2.49. The largest absolute Gasteiger partial charge is 0.372 e. The molecular weight excluding hydrogens is 333 g/mol. The van der Waals surface area contributed by atoms with Crippen LogP contribution in [0.1, 0.15) is 13.8 Å². The topological polar surface area (TPSA) is 67.6 Å². The highest BCUT2D eigenvalue weighted by Gasteiger charge is 2.22.